The molecule has 1 amide bonds. The molecule has 7 heteroatoms. The molecule has 2 aromatic heterocycles. The average Bonchev–Trinajstić information content (AvgIpc) is 3.03. The number of H-pyrrole nitrogens is 1. The van der Waals surface area contributed by atoms with Crippen LogP contribution in [0.25, 0.3) is 15.9 Å². The topological polar surface area (TPSA) is 69.5 Å². The van der Waals surface area contributed by atoms with Gasteiger partial charge in [-0.15, -0.1) is 0 Å². The lowest BCUT2D eigenvalue weighted by molar-refractivity contribution is -0.130. The number of aromatic nitrogens is 3. The van der Waals surface area contributed by atoms with E-state index in [1.807, 2.05) is 0 Å². The lowest BCUT2D eigenvalue weighted by Crippen LogP contribution is -2.53. The van der Waals surface area contributed by atoms with Crippen molar-refractivity contribution in [3.63, 3.8) is 0 Å². The third-order valence-corrected chi connectivity index (χ3v) is 4.13. The molecule has 1 saturated heterocycles. The Morgan fingerprint density at radius 2 is 2.61 bits per heavy atom. The van der Waals surface area contributed by atoms with Crippen molar-refractivity contribution in [1.82, 2.24) is 19.9 Å². The molecule has 0 aliphatic carbocycles. The van der Waals surface area contributed by atoms with Gasteiger partial charge < -0.3 is 19.6 Å². The monoisotopic (exact) mass is 317 g/mol. The number of piperidine rings is 1. The molecular formula is C16H20N6O. The summed E-state index contributed by atoms with van der Waals surface area (Å²) in [6, 6.07) is 0.713. The van der Waals surface area contributed by atoms with Crippen molar-refractivity contribution in [3.8, 4) is 0 Å². The molecule has 0 bridgehead atoms. The fraction of sp³-hybridized carbons (Fsp3) is 0.500. The van der Waals surface area contributed by atoms with Gasteiger partial charge in [0.1, 0.15) is 19.1 Å². The number of carbonyl (C=O) groups excluding carboxylic acids is 1. The Labute approximate surface area is 142 Å². The number of aromatic amines is 1. The number of nitrogens with zero attached hydrogens (tertiary/aromatic N) is 5. The first kappa shape index (κ1) is 10.2. The highest BCUT2D eigenvalue weighted by molar-refractivity contribution is 5.87. The SMILES string of the molecule is [2H]c1nc(N([C@H]2CN(C(=O)C[N+]#[C-])CC[C@@]2([2H])C)C([2H])([2H])[2H])c2cc[nH]c2n1. The second-order valence-corrected chi connectivity index (χ2v) is 5.53. The van der Waals surface area contributed by atoms with Gasteiger partial charge >= 0.3 is 5.91 Å². The molecule has 1 N–H and O–H groups in total. The molecule has 1 aliphatic heterocycles. The van der Waals surface area contributed by atoms with Gasteiger partial charge in [-0.25, -0.2) is 16.5 Å². The Morgan fingerprint density at radius 3 is 3.39 bits per heavy atom. The molecule has 0 radical (unpaired) electrons. The molecule has 3 rings (SSSR count). The Balaban J connectivity index is 2.11. The van der Waals surface area contributed by atoms with Gasteiger partial charge in [-0.1, -0.05) is 6.92 Å². The number of carbonyl (C=O) groups is 1. The van der Waals surface area contributed by atoms with Crippen molar-refractivity contribution in [2.24, 2.45) is 5.89 Å². The maximum atomic E-state index is 12.2. The van der Waals surface area contributed by atoms with E-state index in [2.05, 4.69) is 19.8 Å². The normalized spacial score (nSPS) is 28.1. The molecule has 1 fully saturated rings. The van der Waals surface area contributed by atoms with E-state index in [1.165, 1.54) is 4.90 Å². The first-order chi connectivity index (χ1) is 13.0. The molecule has 7 nitrogen and oxygen atoms in total. The number of anilines is 1. The van der Waals surface area contributed by atoms with Gasteiger partial charge in [-0.3, -0.25) is 4.79 Å². The van der Waals surface area contributed by atoms with E-state index in [0.717, 1.165) is 4.90 Å². The summed E-state index contributed by atoms with van der Waals surface area (Å²) in [6.45, 7) is 5.81. The molecule has 1 aliphatic rings. The zero-order valence-corrected chi connectivity index (χ0v) is 12.7. The van der Waals surface area contributed by atoms with Crippen molar-refractivity contribution in [2.75, 3.05) is 31.5 Å². The number of likely N-dealkylation sites (tertiary alicyclic amines) is 1. The number of amides is 1. The van der Waals surface area contributed by atoms with Crippen LogP contribution in [0, 0.1) is 12.5 Å². The minimum atomic E-state index is -2.66. The van der Waals surface area contributed by atoms with Crippen LogP contribution in [0.15, 0.2) is 18.6 Å². The van der Waals surface area contributed by atoms with Crippen molar-refractivity contribution in [1.29, 1.82) is 0 Å². The molecule has 0 saturated carbocycles. The van der Waals surface area contributed by atoms with E-state index in [-0.39, 0.29) is 38.2 Å². The predicted molar refractivity (Wildman–Crippen MR) is 87.9 cm³/mol. The van der Waals surface area contributed by atoms with Gasteiger partial charge in [0.25, 0.3) is 6.54 Å². The first-order valence-corrected chi connectivity index (χ1v) is 7.26. The third-order valence-electron chi connectivity index (χ3n) is 4.13. The van der Waals surface area contributed by atoms with Crippen LogP contribution in [0.1, 0.15) is 20.2 Å². The van der Waals surface area contributed by atoms with E-state index in [4.69, 9.17) is 13.4 Å². The molecule has 2 aromatic rings. The maximum Gasteiger partial charge on any atom is 0.302 e. The minimum Gasteiger partial charge on any atom is -0.354 e. The van der Waals surface area contributed by atoms with Crippen LogP contribution in [0.5, 0.6) is 0 Å². The summed E-state index contributed by atoms with van der Waals surface area (Å²) in [6.07, 6.45) is 1.48. The van der Waals surface area contributed by atoms with E-state index >= 15 is 0 Å². The molecule has 2 atom stereocenters. The van der Waals surface area contributed by atoms with Crippen molar-refractivity contribution in [2.45, 2.75) is 19.4 Å². The number of rotatable bonds is 3. The van der Waals surface area contributed by atoms with Crippen LogP contribution in [0.2, 0.25) is 0 Å². The highest BCUT2D eigenvalue weighted by Crippen LogP contribution is 2.28. The summed E-state index contributed by atoms with van der Waals surface area (Å²) in [5, 5.41) is 0.424. The van der Waals surface area contributed by atoms with Crippen LogP contribution in [-0.4, -0.2) is 58.4 Å². The zero-order chi connectivity index (χ0) is 20.7. The number of fused-ring (bicyclic) bond motifs is 1. The highest BCUT2D eigenvalue weighted by atomic mass is 16.2. The van der Waals surface area contributed by atoms with Gasteiger partial charge in [0.15, 0.2) is 0 Å². The van der Waals surface area contributed by atoms with Gasteiger partial charge in [-0.05, 0) is 18.4 Å². The molecule has 0 spiro atoms. The van der Waals surface area contributed by atoms with Gasteiger partial charge in [0, 0.05) is 31.7 Å². The third kappa shape index (κ3) is 2.84. The van der Waals surface area contributed by atoms with E-state index in [1.54, 1.807) is 19.2 Å². The number of likely N-dealkylation sites (N-methyl/N-ethyl adjacent to an activating group) is 1. The quantitative estimate of drug-likeness (QED) is 0.872. The summed E-state index contributed by atoms with van der Waals surface area (Å²) in [5.74, 6) is -1.55. The molecule has 0 aromatic carbocycles. The lowest BCUT2D eigenvalue weighted by Gasteiger charge is -2.41. The van der Waals surface area contributed by atoms with E-state index in [9.17, 15) is 4.79 Å². The number of hydrogen-bond donors (Lipinski definition) is 1. The summed E-state index contributed by atoms with van der Waals surface area (Å²) in [4.78, 5) is 28.7. The number of hydrogen-bond acceptors (Lipinski definition) is 4. The Hall–Kier alpha value is -2.62. The largest absolute Gasteiger partial charge is 0.354 e. The van der Waals surface area contributed by atoms with Crippen LogP contribution < -0.4 is 4.90 Å². The summed E-state index contributed by atoms with van der Waals surface area (Å²) in [7, 11) is 0. The van der Waals surface area contributed by atoms with Crippen molar-refractivity contribution < 1.29 is 11.6 Å². The standard InChI is InChI=1S/C16H20N6O/c1-11-5-7-22(14(23)8-17-2)9-13(11)21(3)16-12-4-6-18-15(12)19-10-20-16/h4,6,10-11,13H,5,7-9H2,1,3H3,(H,18,19,20)/t11-,13+/m1/s1/i3D3,10D,11D. The van der Waals surface area contributed by atoms with Crippen LogP contribution >= 0.6 is 0 Å². The second kappa shape index (κ2) is 6.24. The second-order valence-electron chi connectivity index (χ2n) is 5.53. The highest BCUT2D eigenvalue weighted by Gasteiger charge is 2.33. The van der Waals surface area contributed by atoms with Crippen molar-refractivity contribution >= 4 is 22.8 Å². The fourth-order valence-corrected chi connectivity index (χ4v) is 2.78. The van der Waals surface area contributed by atoms with E-state index < -0.39 is 24.8 Å². The van der Waals surface area contributed by atoms with Crippen LogP contribution in [-0.2, 0) is 4.79 Å². The minimum absolute atomic E-state index is 0.0179. The summed E-state index contributed by atoms with van der Waals surface area (Å²) >= 11 is 0. The van der Waals surface area contributed by atoms with Crippen molar-refractivity contribution in [3.05, 3.63) is 30.0 Å². The zero-order valence-electron chi connectivity index (χ0n) is 17.7. The Morgan fingerprint density at radius 1 is 1.74 bits per heavy atom. The molecule has 3 heterocycles. The number of nitrogens with one attached hydrogen (secondary N) is 1. The summed E-state index contributed by atoms with van der Waals surface area (Å²) < 4.78 is 40.8. The van der Waals surface area contributed by atoms with Gasteiger partial charge in [0.2, 0.25) is 0 Å². The van der Waals surface area contributed by atoms with Crippen LogP contribution in [0.4, 0.5) is 5.82 Å². The molecule has 120 valence electrons. The predicted octanol–water partition coefficient (Wildman–Crippen LogP) is 1.55. The van der Waals surface area contributed by atoms with Gasteiger partial charge in [-0.2, -0.15) is 0 Å². The summed E-state index contributed by atoms with van der Waals surface area (Å²) in [5.41, 5.74) is 0.327. The first-order valence-electron chi connectivity index (χ1n) is 9.76. The average molecular weight is 317 g/mol. The smallest absolute Gasteiger partial charge is 0.302 e. The molecular weight excluding hydrogens is 292 g/mol. The maximum absolute atomic E-state index is 12.2. The van der Waals surface area contributed by atoms with Gasteiger partial charge in [0.05, 0.1) is 11.4 Å². The molecule has 0 unspecified atom stereocenters. The lowest BCUT2D eigenvalue weighted by atomic mass is 9.92. The molecule has 23 heavy (non-hydrogen) atoms. The Bertz CT molecular complexity index is 934. The fourth-order valence-electron chi connectivity index (χ4n) is 2.78. The van der Waals surface area contributed by atoms with E-state index in [0.29, 0.717) is 11.0 Å². The Kier molecular flexibility index (Phi) is 2.77. The van der Waals surface area contributed by atoms with Crippen LogP contribution in [0.3, 0.4) is 0 Å².